The predicted molar refractivity (Wildman–Crippen MR) is 54.9 cm³/mol. The minimum atomic E-state index is -0.315. The van der Waals surface area contributed by atoms with E-state index in [1.165, 1.54) is 6.07 Å². The highest BCUT2D eigenvalue weighted by atomic mass is 79.9. The zero-order valence-electron chi connectivity index (χ0n) is 7.00. The third-order valence-corrected chi connectivity index (χ3v) is 2.37. The quantitative estimate of drug-likeness (QED) is 0.661. The highest BCUT2D eigenvalue weighted by molar-refractivity contribution is 9.10. The van der Waals surface area contributed by atoms with E-state index in [0.717, 1.165) is 15.4 Å². The summed E-state index contributed by atoms with van der Waals surface area (Å²) in [6.07, 6.45) is 0. The molecule has 0 saturated carbocycles. The average molecular weight is 239 g/mol. The Balaban J connectivity index is 2.94. The van der Waals surface area contributed by atoms with Crippen LogP contribution in [0.25, 0.3) is 11.0 Å². The lowest BCUT2D eigenvalue weighted by Crippen LogP contribution is -1.94. The summed E-state index contributed by atoms with van der Waals surface area (Å²) >= 11 is 3.35. The van der Waals surface area contributed by atoms with E-state index in [-0.39, 0.29) is 5.63 Å². The fraction of sp³-hybridized carbons (Fsp3) is 0.100. The van der Waals surface area contributed by atoms with E-state index in [1.54, 1.807) is 12.1 Å². The van der Waals surface area contributed by atoms with Gasteiger partial charge in [-0.25, -0.2) is 4.79 Å². The number of hydrogen-bond acceptors (Lipinski definition) is 2. The molecule has 1 aromatic heterocycles. The molecule has 2 aromatic rings. The first-order valence-corrected chi connectivity index (χ1v) is 4.66. The van der Waals surface area contributed by atoms with Gasteiger partial charge >= 0.3 is 5.63 Å². The molecule has 3 heteroatoms. The number of rotatable bonds is 0. The van der Waals surface area contributed by atoms with Crippen LogP contribution in [-0.4, -0.2) is 0 Å². The van der Waals surface area contributed by atoms with Gasteiger partial charge in [0.15, 0.2) is 0 Å². The number of aryl methyl sites for hydroxylation is 1. The summed E-state index contributed by atoms with van der Waals surface area (Å²) in [4.78, 5) is 10.9. The molecule has 13 heavy (non-hydrogen) atoms. The maximum absolute atomic E-state index is 10.9. The minimum absolute atomic E-state index is 0.315. The molecule has 0 aliphatic carbocycles. The van der Waals surface area contributed by atoms with Crippen LogP contribution in [0.2, 0.25) is 0 Å². The highest BCUT2D eigenvalue weighted by Gasteiger charge is 2.01. The van der Waals surface area contributed by atoms with Crippen LogP contribution in [0.5, 0.6) is 0 Å². The topological polar surface area (TPSA) is 30.2 Å². The van der Waals surface area contributed by atoms with Crippen molar-refractivity contribution in [2.45, 2.75) is 6.92 Å². The molecular formula is C10H7BrO2. The van der Waals surface area contributed by atoms with Crippen LogP contribution < -0.4 is 5.63 Å². The normalized spacial score (nSPS) is 10.6. The summed E-state index contributed by atoms with van der Waals surface area (Å²) in [6, 6.07) is 7.00. The second kappa shape index (κ2) is 3.00. The molecule has 0 saturated heterocycles. The molecule has 0 fully saturated rings. The Morgan fingerprint density at radius 2 is 2.08 bits per heavy atom. The predicted octanol–water partition coefficient (Wildman–Crippen LogP) is 2.86. The van der Waals surface area contributed by atoms with Crippen LogP contribution in [0.4, 0.5) is 0 Å². The van der Waals surface area contributed by atoms with Gasteiger partial charge in [-0.15, -0.1) is 0 Å². The number of fused-ring (bicyclic) bond motifs is 1. The van der Waals surface area contributed by atoms with Gasteiger partial charge in [-0.3, -0.25) is 0 Å². The van der Waals surface area contributed by atoms with Crippen molar-refractivity contribution in [3.8, 4) is 0 Å². The fourth-order valence-corrected chi connectivity index (χ4v) is 1.87. The van der Waals surface area contributed by atoms with Gasteiger partial charge in [-0.05, 0) is 30.7 Å². The van der Waals surface area contributed by atoms with Crippen molar-refractivity contribution in [3.63, 3.8) is 0 Å². The minimum Gasteiger partial charge on any atom is -0.423 e. The van der Waals surface area contributed by atoms with Crippen LogP contribution in [0.15, 0.2) is 37.9 Å². The van der Waals surface area contributed by atoms with Crippen molar-refractivity contribution < 1.29 is 4.42 Å². The van der Waals surface area contributed by atoms with E-state index >= 15 is 0 Å². The molecule has 0 amide bonds. The summed E-state index contributed by atoms with van der Waals surface area (Å²) in [6.45, 7) is 1.98. The first kappa shape index (κ1) is 8.51. The lowest BCUT2D eigenvalue weighted by atomic mass is 10.1. The van der Waals surface area contributed by atoms with Crippen molar-refractivity contribution in [1.29, 1.82) is 0 Å². The molecule has 0 spiro atoms. The van der Waals surface area contributed by atoms with Gasteiger partial charge in [0.25, 0.3) is 0 Å². The van der Waals surface area contributed by atoms with E-state index in [1.807, 2.05) is 13.0 Å². The molecule has 0 aliphatic rings. The van der Waals surface area contributed by atoms with Crippen molar-refractivity contribution in [2.24, 2.45) is 0 Å². The van der Waals surface area contributed by atoms with E-state index in [2.05, 4.69) is 15.9 Å². The Morgan fingerprint density at radius 3 is 2.85 bits per heavy atom. The zero-order valence-corrected chi connectivity index (χ0v) is 8.59. The third kappa shape index (κ3) is 1.52. The monoisotopic (exact) mass is 238 g/mol. The van der Waals surface area contributed by atoms with Gasteiger partial charge in [0.1, 0.15) is 5.58 Å². The number of hydrogen-bond donors (Lipinski definition) is 0. The van der Waals surface area contributed by atoms with Crippen LogP contribution in [0, 0.1) is 6.92 Å². The maximum Gasteiger partial charge on any atom is 0.336 e. The Morgan fingerprint density at radius 1 is 1.31 bits per heavy atom. The zero-order chi connectivity index (χ0) is 9.42. The van der Waals surface area contributed by atoms with Gasteiger partial charge in [0, 0.05) is 15.9 Å². The Bertz CT molecular complexity index is 514. The van der Waals surface area contributed by atoms with Crippen molar-refractivity contribution in [2.75, 3.05) is 0 Å². The van der Waals surface area contributed by atoms with Crippen molar-refractivity contribution in [3.05, 3.63) is 44.7 Å². The first-order valence-electron chi connectivity index (χ1n) is 3.87. The largest absolute Gasteiger partial charge is 0.423 e. The number of benzene rings is 1. The first-order chi connectivity index (χ1) is 6.16. The van der Waals surface area contributed by atoms with Gasteiger partial charge < -0.3 is 4.42 Å². The third-order valence-electron chi connectivity index (χ3n) is 1.91. The van der Waals surface area contributed by atoms with E-state index in [4.69, 9.17) is 4.42 Å². The summed E-state index contributed by atoms with van der Waals surface area (Å²) in [5.74, 6) is 0. The standard InChI is InChI=1S/C10H7BrO2/c1-6-4-7(11)5-9-8(6)2-3-10(12)13-9/h2-5H,1H3. The Labute approximate surface area is 83.3 Å². The summed E-state index contributed by atoms with van der Waals surface area (Å²) in [7, 11) is 0. The molecule has 0 radical (unpaired) electrons. The van der Waals surface area contributed by atoms with Gasteiger partial charge in [-0.2, -0.15) is 0 Å². The molecule has 2 nitrogen and oxygen atoms in total. The van der Waals surface area contributed by atoms with Crippen LogP contribution >= 0.6 is 15.9 Å². The smallest absolute Gasteiger partial charge is 0.336 e. The molecule has 0 atom stereocenters. The van der Waals surface area contributed by atoms with Gasteiger partial charge in [0.05, 0.1) is 0 Å². The van der Waals surface area contributed by atoms with E-state index in [9.17, 15) is 4.79 Å². The summed E-state index contributed by atoms with van der Waals surface area (Å²) < 4.78 is 5.96. The number of halogens is 1. The van der Waals surface area contributed by atoms with Crippen molar-refractivity contribution >= 4 is 26.9 Å². The molecular weight excluding hydrogens is 232 g/mol. The lowest BCUT2D eigenvalue weighted by molar-refractivity contribution is 0.560. The molecule has 0 bridgehead atoms. The lowest BCUT2D eigenvalue weighted by Gasteiger charge is -2.00. The van der Waals surface area contributed by atoms with Crippen molar-refractivity contribution in [1.82, 2.24) is 0 Å². The highest BCUT2D eigenvalue weighted by Crippen LogP contribution is 2.22. The Kier molecular flexibility index (Phi) is 1.96. The molecule has 0 aliphatic heterocycles. The maximum atomic E-state index is 10.9. The van der Waals surface area contributed by atoms with Crippen LogP contribution in [0.1, 0.15) is 5.56 Å². The summed E-state index contributed by atoms with van der Waals surface area (Å²) in [5, 5.41) is 0.975. The molecule has 1 aromatic carbocycles. The van der Waals surface area contributed by atoms with Crippen LogP contribution in [0.3, 0.4) is 0 Å². The molecule has 0 N–H and O–H groups in total. The molecule has 2 rings (SSSR count). The average Bonchev–Trinajstić information content (AvgIpc) is 2.02. The van der Waals surface area contributed by atoms with E-state index in [0.29, 0.717) is 5.58 Å². The summed E-state index contributed by atoms with van der Waals surface area (Å²) in [5.41, 5.74) is 1.40. The van der Waals surface area contributed by atoms with Gasteiger partial charge in [0.2, 0.25) is 0 Å². The van der Waals surface area contributed by atoms with Gasteiger partial charge in [-0.1, -0.05) is 15.9 Å². The fourth-order valence-electron chi connectivity index (χ4n) is 1.32. The Hall–Kier alpha value is -1.09. The van der Waals surface area contributed by atoms with Crippen LogP contribution in [-0.2, 0) is 0 Å². The van der Waals surface area contributed by atoms with E-state index < -0.39 is 0 Å². The molecule has 66 valence electrons. The second-order valence-electron chi connectivity index (χ2n) is 2.89. The molecule has 1 heterocycles. The molecule has 0 unspecified atom stereocenters. The SMILES string of the molecule is Cc1cc(Br)cc2oc(=O)ccc12. The second-order valence-corrected chi connectivity index (χ2v) is 3.80.